The van der Waals surface area contributed by atoms with Gasteiger partial charge in [0.1, 0.15) is 17.2 Å². The maximum atomic E-state index is 13.3. The van der Waals surface area contributed by atoms with Crippen molar-refractivity contribution in [3.63, 3.8) is 0 Å². The SMILES string of the molecule is Cc1c(C(N)c2ccc(F)c(F)c2)oc2cc(F)ccc12. The van der Waals surface area contributed by atoms with Crippen molar-refractivity contribution in [2.45, 2.75) is 13.0 Å². The Morgan fingerprint density at radius 2 is 1.76 bits per heavy atom. The molecule has 2 N–H and O–H groups in total. The summed E-state index contributed by atoms with van der Waals surface area (Å²) in [7, 11) is 0. The first-order valence-electron chi connectivity index (χ1n) is 6.36. The van der Waals surface area contributed by atoms with Gasteiger partial charge in [-0.3, -0.25) is 0 Å². The molecule has 0 radical (unpaired) electrons. The van der Waals surface area contributed by atoms with Crippen LogP contribution >= 0.6 is 0 Å². The summed E-state index contributed by atoms with van der Waals surface area (Å²) in [4.78, 5) is 0. The number of furan rings is 1. The Bertz CT molecular complexity index is 826. The number of nitrogens with two attached hydrogens (primary N) is 1. The first-order chi connectivity index (χ1) is 9.97. The summed E-state index contributed by atoms with van der Waals surface area (Å²) >= 11 is 0. The largest absolute Gasteiger partial charge is 0.459 e. The summed E-state index contributed by atoms with van der Waals surface area (Å²) in [6, 6.07) is 6.90. The zero-order chi connectivity index (χ0) is 15.1. The highest BCUT2D eigenvalue weighted by Gasteiger charge is 2.20. The molecule has 1 aromatic heterocycles. The van der Waals surface area contributed by atoms with Crippen LogP contribution in [0.2, 0.25) is 0 Å². The predicted molar refractivity (Wildman–Crippen MR) is 73.3 cm³/mol. The first-order valence-corrected chi connectivity index (χ1v) is 6.36. The van der Waals surface area contributed by atoms with Crippen molar-refractivity contribution in [3.05, 3.63) is 70.7 Å². The predicted octanol–water partition coefficient (Wildman–Crippen LogP) is 4.21. The molecule has 1 unspecified atom stereocenters. The van der Waals surface area contributed by atoms with Crippen LogP contribution in [0.4, 0.5) is 13.2 Å². The van der Waals surface area contributed by atoms with E-state index in [4.69, 9.17) is 10.2 Å². The molecule has 2 nitrogen and oxygen atoms in total. The molecule has 5 heteroatoms. The van der Waals surface area contributed by atoms with Crippen molar-refractivity contribution in [1.82, 2.24) is 0 Å². The second-order valence-electron chi connectivity index (χ2n) is 4.88. The second kappa shape index (κ2) is 4.93. The smallest absolute Gasteiger partial charge is 0.159 e. The highest BCUT2D eigenvalue weighted by Crippen LogP contribution is 2.32. The second-order valence-corrected chi connectivity index (χ2v) is 4.88. The van der Waals surface area contributed by atoms with Crippen molar-refractivity contribution in [2.24, 2.45) is 5.73 Å². The molecule has 0 aliphatic rings. The first kappa shape index (κ1) is 13.7. The van der Waals surface area contributed by atoms with Crippen LogP contribution in [0.1, 0.15) is 22.9 Å². The molecule has 0 spiro atoms. The van der Waals surface area contributed by atoms with Crippen LogP contribution < -0.4 is 5.73 Å². The minimum absolute atomic E-state index is 0.375. The third-order valence-electron chi connectivity index (χ3n) is 3.52. The lowest BCUT2D eigenvalue weighted by Gasteiger charge is -2.10. The summed E-state index contributed by atoms with van der Waals surface area (Å²) in [5, 5.41) is 0.740. The van der Waals surface area contributed by atoms with Gasteiger partial charge in [0.15, 0.2) is 11.6 Å². The fourth-order valence-corrected chi connectivity index (χ4v) is 2.37. The topological polar surface area (TPSA) is 39.2 Å². The number of hydrogen-bond acceptors (Lipinski definition) is 2. The van der Waals surface area contributed by atoms with Crippen molar-refractivity contribution in [2.75, 3.05) is 0 Å². The summed E-state index contributed by atoms with van der Waals surface area (Å²) in [6.07, 6.45) is 0. The van der Waals surface area contributed by atoms with Gasteiger partial charge in [-0.15, -0.1) is 0 Å². The van der Waals surface area contributed by atoms with Gasteiger partial charge in [0.25, 0.3) is 0 Å². The number of halogens is 3. The van der Waals surface area contributed by atoms with E-state index in [1.165, 1.54) is 18.2 Å². The minimum atomic E-state index is -0.970. The average molecular weight is 291 g/mol. The van der Waals surface area contributed by atoms with Gasteiger partial charge in [-0.2, -0.15) is 0 Å². The van der Waals surface area contributed by atoms with E-state index in [9.17, 15) is 13.2 Å². The van der Waals surface area contributed by atoms with Crippen LogP contribution in [0.25, 0.3) is 11.0 Å². The maximum absolute atomic E-state index is 13.3. The molecule has 0 aliphatic carbocycles. The van der Waals surface area contributed by atoms with Gasteiger partial charge in [-0.1, -0.05) is 6.07 Å². The highest BCUT2D eigenvalue weighted by atomic mass is 19.2. The molecule has 0 saturated heterocycles. The lowest BCUT2D eigenvalue weighted by atomic mass is 10.0. The highest BCUT2D eigenvalue weighted by molar-refractivity contribution is 5.82. The van der Waals surface area contributed by atoms with Crippen LogP contribution in [-0.4, -0.2) is 0 Å². The van der Waals surface area contributed by atoms with Crippen LogP contribution in [0, 0.1) is 24.4 Å². The lowest BCUT2D eigenvalue weighted by molar-refractivity contribution is 0.498. The van der Waals surface area contributed by atoms with Crippen LogP contribution in [0.15, 0.2) is 40.8 Å². The molecule has 3 aromatic rings. The zero-order valence-electron chi connectivity index (χ0n) is 11.2. The van der Waals surface area contributed by atoms with Crippen LogP contribution in [0.5, 0.6) is 0 Å². The molecule has 2 aromatic carbocycles. The monoisotopic (exact) mass is 291 g/mol. The van der Waals surface area contributed by atoms with E-state index in [0.717, 1.165) is 23.1 Å². The lowest BCUT2D eigenvalue weighted by Crippen LogP contribution is -2.12. The summed E-state index contributed by atoms with van der Waals surface area (Å²) in [6.45, 7) is 1.79. The van der Waals surface area contributed by atoms with Crippen molar-refractivity contribution < 1.29 is 17.6 Å². The Labute approximate surface area is 119 Å². The van der Waals surface area contributed by atoms with Gasteiger partial charge < -0.3 is 10.2 Å². The minimum Gasteiger partial charge on any atom is -0.459 e. The van der Waals surface area contributed by atoms with E-state index < -0.39 is 23.5 Å². The van der Waals surface area contributed by atoms with Gasteiger partial charge in [0, 0.05) is 17.0 Å². The van der Waals surface area contributed by atoms with E-state index in [-0.39, 0.29) is 0 Å². The van der Waals surface area contributed by atoms with Gasteiger partial charge in [-0.25, -0.2) is 13.2 Å². The Morgan fingerprint density at radius 1 is 1.00 bits per heavy atom. The van der Waals surface area contributed by atoms with Crippen molar-refractivity contribution >= 4 is 11.0 Å². The van der Waals surface area contributed by atoms with Gasteiger partial charge in [-0.05, 0) is 36.8 Å². The fraction of sp³-hybridized carbons (Fsp3) is 0.125. The Hall–Kier alpha value is -2.27. The van der Waals surface area contributed by atoms with Crippen LogP contribution in [0.3, 0.4) is 0 Å². The number of fused-ring (bicyclic) bond motifs is 1. The standard InChI is InChI=1S/C16H12F3NO/c1-8-11-4-3-10(17)7-14(11)21-16(8)15(20)9-2-5-12(18)13(19)6-9/h2-7,15H,20H2,1H3. The van der Waals surface area contributed by atoms with E-state index in [0.29, 0.717) is 16.9 Å². The molecule has 3 rings (SSSR count). The van der Waals surface area contributed by atoms with Crippen molar-refractivity contribution in [1.29, 1.82) is 0 Å². The normalized spacial score (nSPS) is 12.8. The molecule has 0 amide bonds. The molecular formula is C16H12F3NO. The van der Waals surface area contributed by atoms with E-state index >= 15 is 0 Å². The zero-order valence-corrected chi connectivity index (χ0v) is 11.2. The van der Waals surface area contributed by atoms with E-state index in [2.05, 4.69) is 0 Å². The average Bonchev–Trinajstić information content (AvgIpc) is 2.77. The Kier molecular flexibility index (Phi) is 3.22. The van der Waals surface area contributed by atoms with Crippen molar-refractivity contribution in [3.8, 4) is 0 Å². The van der Waals surface area contributed by atoms with E-state index in [1.807, 2.05) is 0 Å². The van der Waals surface area contributed by atoms with E-state index in [1.54, 1.807) is 13.0 Å². The number of aryl methyl sites for hydroxylation is 1. The maximum Gasteiger partial charge on any atom is 0.159 e. The molecule has 0 bridgehead atoms. The molecular weight excluding hydrogens is 279 g/mol. The summed E-state index contributed by atoms with van der Waals surface area (Å²) in [5.74, 6) is -1.91. The summed E-state index contributed by atoms with van der Waals surface area (Å²) < 4.78 is 45.1. The van der Waals surface area contributed by atoms with Gasteiger partial charge in [0.05, 0.1) is 6.04 Å². The number of hydrogen-bond donors (Lipinski definition) is 1. The molecule has 1 atom stereocenters. The molecule has 0 aliphatic heterocycles. The molecule has 21 heavy (non-hydrogen) atoms. The number of benzene rings is 2. The van der Waals surface area contributed by atoms with Gasteiger partial charge >= 0.3 is 0 Å². The van der Waals surface area contributed by atoms with Gasteiger partial charge in [0.2, 0.25) is 0 Å². The third kappa shape index (κ3) is 2.29. The Balaban J connectivity index is 2.10. The fourth-order valence-electron chi connectivity index (χ4n) is 2.37. The third-order valence-corrected chi connectivity index (χ3v) is 3.52. The Morgan fingerprint density at radius 3 is 2.48 bits per heavy atom. The molecule has 108 valence electrons. The number of rotatable bonds is 2. The van der Waals surface area contributed by atoms with Crippen LogP contribution in [-0.2, 0) is 0 Å². The molecule has 0 fully saturated rings. The molecule has 0 saturated carbocycles. The molecule has 1 heterocycles. The quantitative estimate of drug-likeness (QED) is 0.768. The summed E-state index contributed by atoms with van der Waals surface area (Å²) in [5.41, 5.74) is 7.57.